The number of rotatable bonds is 7. The maximum Gasteiger partial charge on any atom is 0.104 e. The molecule has 0 aliphatic heterocycles. The normalized spacial score (nSPS) is 18.8. The molecule has 2 N–H and O–H groups in total. The molecule has 102 valence electrons. The zero-order valence-corrected chi connectivity index (χ0v) is 12.2. The summed E-state index contributed by atoms with van der Waals surface area (Å²) in [5.41, 5.74) is 8.17. The van der Waals surface area contributed by atoms with Crippen molar-refractivity contribution in [1.29, 1.82) is 0 Å². The molecule has 2 aliphatic carbocycles. The number of nitrogens with zero attached hydrogens (tertiary/aromatic N) is 1. The number of hydrogen-bond acceptors (Lipinski definition) is 2. The molecule has 2 saturated carbocycles. The molecule has 2 aliphatic rings. The van der Waals surface area contributed by atoms with Crippen molar-refractivity contribution in [3.05, 3.63) is 35.4 Å². The zero-order chi connectivity index (χ0) is 13.2. The first kappa shape index (κ1) is 13.1. The Morgan fingerprint density at radius 3 is 2.21 bits per heavy atom. The van der Waals surface area contributed by atoms with Gasteiger partial charge >= 0.3 is 0 Å². The third kappa shape index (κ3) is 3.77. The van der Waals surface area contributed by atoms with Gasteiger partial charge in [-0.25, -0.2) is 0 Å². The van der Waals surface area contributed by atoms with E-state index in [-0.39, 0.29) is 0 Å². The Bertz CT molecular complexity index is 450. The molecule has 0 spiro atoms. The molecule has 0 amide bonds. The molecule has 0 saturated heterocycles. The van der Waals surface area contributed by atoms with Gasteiger partial charge < -0.3 is 5.73 Å². The maximum atomic E-state index is 5.83. The van der Waals surface area contributed by atoms with Gasteiger partial charge in [0.2, 0.25) is 0 Å². The Morgan fingerprint density at radius 2 is 1.68 bits per heavy atom. The van der Waals surface area contributed by atoms with Crippen molar-refractivity contribution >= 4 is 17.2 Å². The number of nitrogens with two attached hydrogens (primary N) is 1. The van der Waals surface area contributed by atoms with Crippen LogP contribution in [-0.2, 0) is 6.54 Å². The third-order valence-corrected chi connectivity index (χ3v) is 4.32. The molecule has 0 heterocycles. The van der Waals surface area contributed by atoms with Gasteiger partial charge in [0.1, 0.15) is 4.99 Å². The second-order valence-electron chi connectivity index (χ2n) is 6.10. The molecular weight excluding hydrogens is 252 g/mol. The molecule has 19 heavy (non-hydrogen) atoms. The highest BCUT2D eigenvalue weighted by Gasteiger charge is 2.29. The number of benzene rings is 1. The maximum absolute atomic E-state index is 5.83. The summed E-state index contributed by atoms with van der Waals surface area (Å²) < 4.78 is 0. The summed E-state index contributed by atoms with van der Waals surface area (Å²) in [6.45, 7) is 3.50. The van der Waals surface area contributed by atoms with Gasteiger partial charge in [0.15, 0.2) is 0 Å². The highest BCUT2D eigenvalue weighted by molar-refractivity contribution is 7.80. The lowest BCUT2D eigenvalue weighted by molar-refractivity contribution is 0.244. The Hall–Kier alpha value is -0.930. The van der Waals surface area contributed by atoms with Gasteiger partial charge in [0, 0.05) is 25.2 Å². The SMILES string of the molecule is NC(=S)c1ccccc1CN(CC1CC1)CC1CC1. The minimum Gasteiger partial charge on any atom is -0.389 e. The van der Waals surface area contributed by atoms with E-state index < -0.39 is 0 Å². The van der Waals surface area contributed by atoms with Crippen LogP contribution in [0.1, 0.15) is 36.8 Å². The lowest BCUT2D eigenvalue weighted by Gasteiger charge is -2.23. The highest BCUT2D eigenvalue weighted by Crippen LogP contribution is 2.34. The molecule has 0 atom stereocenters. The van der Waals surface area contributed by atoms with Crippen LogP contribution in [0.4, 0.5) is 0 Å². The van der Waals surface area contributed by atoms with Crippen LogP contribution in [0.2, 0.25) is 0 Å². The molecule has 0 aromatic heterocycles. The van der Waals surface area contributed by atoms with Gasteiger partial charge in [0.05, 0.1) is 0 Å². The smallest absolute Gasteiger partial charge is 0.104 e. The Labute approximate surface area is 121 Å². The average molecular weight is 274 g/mol. The van der Waals surface area contributed by atoms with E-state index in [9.17, 15) is 0 Å². The van der Waals surface area contributed by atoms with E-state index in [1.54, 1.807) is 0 Å². The van der Waals surface area contributed by atoms with Crippen LogP contribution in [0, 0.1) is 11.8 Å². The molecule has 0 radical (unpaired) electrons. The first-order valence-corrected chi connectivity index (χ1v) is 7.73. The van der Waals surface area contributed by atoms with Crippen LogP contribution in [0.5, 0.6) is 0 Å². The quantitative estimate of drug-likeness (QED) is 0.775. The first-order chi connectivity index (χ1) is 9.22. The number of hydrogen-bond donors (Lipinski definition) is 1. The topological polar surface area (TPSA) is 29.3 Å². The summed E-state index contributed by atoms with van der Waals surface area (Å²) in [7, 11) is 0. The molecule has 0 bridgehead atoms. The summed E-state index contributed by atoms with van der Waals surface area (Å²) in [6, 6.07) is 8.32. The molecule has 0 unspecified atom stereocenters. The van der Waals surface area contributed by atoms with Gasteiger partial charge in [-0.3, -0.25) is 4.90 Å². The van der Waals surface area contributed by atoms with Crippen molar-refractivity contribution in [2.75, 3.05) is 13.1 Å². The van der Waals surface area contributed by atoms with E-state index in [1.165, 1.54) is 44.3 Å². The Balaban J connectivity index is 1.70. The summed E-state index contributed by atoms with van der Waals surface area (Å²) in [5.74, 6) is 1.88. The second kappa shape index (κ2) is 5.59. The largest absolute Gasteiger partial charge is 0.389 e. The van der Waals surface area contributed by atoms with Crippen molar-refractivity contribution < 1.29 is 0 Å². The fourth-order valence-electron chi connectivity index (χ4n) is 2.67. The molecular formula is C16H22N2S. The van der Waals surface area contributed by atoms with Crippen LogP contribution < -0.4 is 5.73 Å². The van der Waals surface area contributed by atoms with Crippen LogP contribution in [-0.4, -0.2) is 23.0 Å². The van der Waals surface area contributed by atoms with Gasteiger partial charge in [-0.1, -0.05) is 36.5 Å². The first-order valence-electron chi connectivity index (χ1n) is 7.32. The van der Waals surface area contributed by atoms with Crippen LogP contribution in [0.3, 0.4) is 0 Å². The fraction of sp³-hybridized carbons (Fsp3) is 0.562. The molecule has 3 heteroatoms. The van der Waals surface area contributed by atoms with E-state index in [4.69, 9.17) is 18.0 Å². The third-order valence-electron chi connectivity index (χ3n) is 4.10. The van der Waals surface area contributed by atoms with E-state index in [2.05, 4.69) is 17.0 Å². The van der Waals surface area contributed by atoms with E-state index in [0.29, 0.717) is 4.99 Å². The van der Waals surface area contributed by atoms with Crippen LogP contribution >= 0.6 is 12.2 Å². The van der Waals surface area contributed by atoms with Crippen molar-refractivity contribution in [2.24, 2.45) is 17.6 Å². The van der Waals surface area contributed by atoms with Crippen molar-refractivity contribution in [1.82, 2.24) is 4.90 Å². The summed E-state index contributed by atoms with van der Waals surface area (Å²) in [4.78, 5) is 3.14. The van der Waals surface area contributed by atoms with Crippen LogP contribution in [0.15, 0.2) is 24.3 Å². The van der Waals surface area contributed by atoms with Crippen molar-refractivity contribution in [3.63, 3.8) is 0 Å². The molecule has 2 nitrogen and oxygen atoms in total. The molecule has 2 fully saturated rings. The predicted molar refractivity (Wildman–Crippen MR) is 83.1 cm³/mol. The lowest BCUT2D eigenvalue weighted by Crippen LogP contribution is -2.29. The molecule has 1 aromatic carbocycles. The summed E-state index contributed by atoms with van der Waals surface area (Å²) in [6.07, 6.45) is 5.66. The summed E-state index contributed by atoms with van der Waals surface area (Å²) >= 11 is 5.16. The van der Waals surface area contributed by atoms with E-state index >= 15 is 0 Å². The van der Waals surface area contributed by atoms with Crippen molar-refractivity contribution in [3.8, 4) is 0 Å². The molecule has 3 rings (SSSR count). The second-order valence-corrected chi connectivity index (χ2v) is 6.54. The van der Waals surface area contributed by atoms with Gasteiger partial charge in [-0.15, -0.1) is 0 Å². The Morgan fingerprint density at radius 1 is 1.11 bits per heavy atom. The van der Waals surface area contributed by atoms with Gasteiger partial charge in [-0.2, -0.15) is 0 Å². The highest BCUT2D eigenvalue weighted by atomic mass is 32.1. The van der Waals surface area contributed by atoms with Crippen LogP contribution in [0.25, 0.3) is 0 Å². The predicted octanol–water partition coefficient (Wildman–Crippen LogP) is 2.94. The van der Waals surface area contributed by atoms with E-state index in [0.717, 1.165) is 23.9 Å². The zero-order valence-electron chi connectivity index (χ0n) is 11.3. The average Bonchev–Trinajstić information content (AvgIpc) is 3.25. The van der Waals surface area contributed by atoms with Crippen molar-refractivity contribution in [2.45, 2.75) is 32.2 Å². The van der Waals surface area contributed by atoms with E-state index in [1.807, 2.05) is 12.1 Å². The minimum atomic E-state index is 0.522. The van der Waals surface area contributed by atoms with Gasteiger partial charge in [0.25, 0.3) is 0 Å². The van der Waals surface area contributed by atoms with Gasteiger partial charge in [-0.05, 0) is 43.1 Å². The molecule has 1 aromatic rings. The minimum absolute atomic E-state index is 0.522. The lowest BCUT2D eigenvalue weighted by atomic mass is 10.1. The Kier molecular flexibility index (Phi) is 3.85. The number of thiocarbonyl (C=S) groups is 1. The summed E-state index contributed by atoms with van der Waals surface area (Å²) in [5, 5.41) is 0. The fourth-order valence-corrected chi connectivity index (χ4v) is 2.87. The standard InChI is InChI=1S/C16H22N2S/c17-16(19)15-4-2-1-3-14(15)11-18(9-12-5-6-12)10-13-7-8-13/h1-4,12-13H,5-11H2,(H2,17,19). The monoisotopic (exact) mass is 274 g/mol.